The van der Waals surface area contributed by atoms with Gasteiger partial charge in [0.25, 0.3) is 5.91 Å². The van der Waals surface area contributed by atoms with Gasteiger partial charge in [-0.15, -0.1) is 0 Å². The molecule has 0 saturated heterocycles. The molecule has 188 valence electrons. The molecule has 0 aliphatic heterocycles. The third-order valence-corrected chi connectivity index (χ3v) is 6.00. The van der Waals surface area contributed by atoms with Crippen molar-refractivity contribution in [2.45, 2.75) is 12.5 Å². The van der Waals surface area contributed by atoms with Crippen LogP contribution in [0.15, 0.2) is 66.9 Å². The summed E-state index contributed by atoms with van der Waals surface area (Å²) in [4.78, 5) is 15.3. The lowest BCUT2D eigenvalue weighted by Gasteiger charge is -2.18. The van der Waals surface area contributed by atoms with Crippen LogP contribution in [0.1, 0.15) is 15.9 Å². The van der Waals surface area contributed by atoms with E-state index in [1.165, 1.54) is 0 Å². The minimum Gasteiger partial charge on any atom is -0.493 e. The number of amides is 1. The van der Waals surface area contributed by atoms with Crippen LogP contribution in [0, 0.1) is 0 Å². The summed E-state index contributed by atoms with van der Waals surface area (Å²) in [5, 5.41) is 14.8. The Labute approximate surface area is 210 Å². The molecule has 0 aliphatic rings. The fourth-order valence-corrected chi connectivity index (χ4v) is 4.19. The van der Waals surface area contributed by atoms with Crippen LogP contribution in [0.2, 0.25) is 0 Å². The van der Waals surface area contributed by atoms with E-state index < -0.39 is 12.0 Å². The number of carbonyl (C=O) groups excluding carboxylic acids is 1. The lowest BCUT2D eigenvalue weighted by Crippen LogP contribution is -2.33. The number of nitrogens with one attached hydrogen (secondary N) is 2. The number of hydrogen-bond donors (Lipinski definition) is 4. The molecule has 0 saturated carbocycles. The molecule has 8 heteroatoms. The van der Waals surface area contributed by atoms with Crippen molar-refractivity contribution < 1.29 is 24.1 Å². The number of ether oxygens (including phenoxy) is 3. The van der Waals surface area contributed by atoms with Crippen LogP contribution >= 0.6 is 0 Å². The molecule has 4 aromatic rings. The molecule has 0 radical (unpaired) electrons. The number of carbonyl (C=O) groups is 1. The van der Waals surface area contributed by atoms with E-state index in [9.17, 15) is 9.90 Å². The molecule has 1 heterocycles. The van der Waals surface area contributed by atoms with E-state index in [0.717, 1.165) is 34.0 Å². The third-order valence-electron chi connectivity index (χ3n) is 6.00. The van der Waals surface area contributed by atoms with Crippen molar-refractivity contribution in [1.82, 2.24) is 10.3 Å². The molecule has 1 aromatic heterocycles. The second-order valence-electron chi connectivity index (χ2n) is 8.40. The summed E-state index contributed by atoms with van der Waals surface area (Å²) in [7, 11) is 3.21. The maximum atomic E-state index is 12.1. The summed E-state index contributed by atoms with van der Waals surface area (Å²) >= 11 is 0. The normalized spacial score (nSPS) is 11.9. The predicted octanol–water partition coefficient (Wildman–Crippen LogP) is 3.52. The summed E-state index contributed by atoms with van der Waals surface area (Å²) < 4.78 is 16.6. The standard InChI is InChI=1S/C28H31N3O5/c1-34-25-10-9-18(15-26(25)35-2)11-13-30-16-19(32)17-36-27-22(6-3-7-23(27)28(29)33)20-5-4-8-24-21(20)12-14-31-24/h3-10,12,14-15,19,30-32H,11,13,16-17H2,1-2H3,(H2,29,33). The van der Waals surface area contributed by atoms with Crippen molar-refractivity contribution in [2.24, 2.45) is 5.73 Å². The molecule has 4 rings (SSSR count). The van der Waals surface area contributed by atoms with E-state index in [1.54, 1.807) is 26.4 Å². The first-order valence-corrected chi connectivity index (χ1v) is 11.7. The van der Waals surface area contributed by atoms with Gasteiger partial charge in [0.1, 0.15) is 18.5 Å². The van der Waals surface area contributed by atoms with Gasteiger partial charge in [0.2, 0.25) is 0 Å². The van der Waals surface area contributed by atoms with Crippen LogP contribution in [0.5, 0.6) is 17.2 Å². The van der Waals surface area contributed by atoms with Crippen LogP contribution in [0.3, 0.4) is 0 Å². The van der Waals surface area contributed by atoms with Gasteiger partial charge in [-0.3, -0.25) is 4.79 Å². The van der Waals surface area contributed by atoms with Crippen molar-refractivity contribution in [2.75, 3.05) is 33.9 Å². The molecular formula is C28H31N3O5. The van der Waals surface area contributed by atoms with E-state index in [-0.39, 0.29) is 12.2 Å². The molecule has 1 atom stereocenters. The Balaban J connectivity index is 1.39. The molecule has 5 N–H and O–H groups in total. The Morgan fingerprint density at radius 1 is 1.03 bits per heavy atom. The van der Waals surface area contributed by atoms with Crippen LogP contribution in [0.4, 0.5) is 0 Å². The summed E-state index contributed by atoms with van der Waals surface area (Å²) in [6.45, 7) is 0.990. The van der Waals surface area contributed by atoms with Gasteiger partial charge < -0.3 is 35.4 Å². The van der Waals surface area contributed by atoms with Crippen LogP contribution in [0.25, 0.3) is 22.0 Å². The highest BCUT2D eigenvalue weighted by atomic mass is 16.5. The maximum Gasteiger partial charge on any atom is 0.252 e. The third kappa shape index (κ3) is 5.62. The van der Waals surface area contributed by atoms with Crippen molar-refractivity contribution in [3.63, 3.8) is 0 Å². The first kappa shape index (κ1) is 25.1. The zero-order valence-electron chi connectivity index (χ0n) is 20.4. The molecule has 0 aliphatic carbocycles. The van der Waals surface area contributed by atoms with E-state index in [0.29, 0.717) is 30.3 Å². The average molecular weight is 490 g/mol. The van der Waals surface area contributed by atoms with Gasteiger partial charge in [-0.1, -0.05) is 30.3 Å². The van der Waals surface area contributed by atoms with Gasteiger partial charge in [0, 0.05) is 29.2 Å². The Kier molecular flexibility index (Phi) is 8.10. The zero-order valence-corrected chi connectivity index (χ0v) is 20.4. The smallest absolute Gasteiger partial charge is 0.252 e. The van der Waals surface area contributed by atoms with Crippen LogP contribution in [-0.2, 0) is 6.42 Å². The Morgan fingerprint density at radius 2 is 1.81 bits per heavy atom. The van der Waals surface area contributed by atoms with Crippen molar-refractivity contribution in [3.05, 3.63) is 78.0 Å². The molecular weight excluding hydrogens is 458 g/mol. The Bertz CT molecular complexity index is 1330. The number of aromatic amines is 1. The number of hydrogen-bond acceptors (Lipinski definition) is 6. The number of fused-ring (bicyclic) bond motifs is 1. The number of aliphatic hydroxyl groups excluding tert-OH is 1. The Hall–Kier alpha value is -4.01. The summed E-state index contributed by atoms with van der Waals surface area (Å²) in [5.74, 6) is 1.14. The fourth-order valence-electron chi connectivity index (χ4n) is 4.19. The van der Waals surface area contributed by atoms with Gasteiger partial charge in [-0.25, -0.2) is 0 Å². The quantitative estimate of drug-likeness (QED) is 0.226. The van der Waals surface area contributed by atoms with Gasteiger partial charge in [-0.05, 0) is 54.4 Å². The number of para-hydroxylation sites is 1. The topological polar surface area (TPSA) is 119 Å². The van der Waals surface area contributed by atoms with Crippen molar-refractivity contribution in [3.8, 4) is 28.4 Å². The highest BCUT2D eigenvalue weighted by Gasteiger charge is 2.18. The van der Waals surface area contributed by atoms with E-state index in [2.05, 4.69) is 10.3 Å². The number of methoxy groups -OCH3 is 2. The molecule has 8 nitrogen and oxygen atoms in total. The number of aromatic nitrogens is 1. The van der Waals surface area contributed by atoms with E-state index in [1.807, 2.05) is 54.7 Å². The molecule has 0 fully saturated rings. The van der Waals surface area contributed by atoms with E-state index in [4.69, 9.17) is 19.9 Å². The minimum atomic E-state index is -0.785. The summed E-state index contributed by atoms with van der Waals surface area (Å²) in [5.41, 5.74) is 9.62. The van der Waals surface area contributed by atoms with E-state index >= 15 is 0 Å². The lowest BCUT2D eigenvalue weighted by atomic mass is 9.98. The number of rotatable bonds is 12. The molecule has 0 spiro atoms. The summed E-state index contributed by atoms with van der Waals surface area (Å²) in [6.07, 6.45) is 1.83. The molecule has 1 amide bonds. The molecule has 3 aromatic carbocycles. The minimum absolute atomic E-state index is 0.00374. The van der Waals surface area contributed by atoms with Gasteiger partial charge in [0.05, 0.1) is 19.8 Å². The highest BCUT2D eigenvalue weighted by Crippen LogP contribution is 2.37. The first-order valence-electron chi connectivity index (χ1n) is 11.7. The SMILES string of the molecule is COc1ccc(CCNCC(O)COc2c(C(N)=O)cccc2-c2cccc3[nH]ccc23)cc1OC. The number of benzene rings is 3. The largest absolute Gasteiger partial charge is 0.493 e. The maximum absolute atomic E-state index is 12.1. The molecule has 36 heavy (non-hydrogen) atoms. The monoisotopic (exact) mass is 489 g/mol. The number of H-pyrrole nitrogens is 1. The second-order valence-corrected chi connectivity index (χ2v) is 8.40. The Morgan fingerprint density at radius 3 is 2.58 bits per heavy atom. The van der Waals surface area contributed by atoms with Crippen LogP contribution < -0.4 is 25.3 Å². The number of nitrogens with two attached hydrogens (primary N) is 1. The van der Waals surface area contributed by atoms with Crippen LogP contribution in [-0.4, -0.2) is 56.0 Å². The summed E-state index contributed by atoms with van der Waals surface area (Å²) in [6, 6.07) is 18.9. The average Bonchev–Trinajstić information content (AvgIpc) is 3.38. The highest BCUT2D eigenvalue weighted by molar-refractivity contribution is 6.02. The molecule has 1 unspecified atom stereocenters. The van der Waals surface area contributed by atoms with Crippen molar-refractivity contribution >= 4 is 16.8 Å². The predicted molar refractivity (Wildman–Crippen MR) is 140 cm³/mol. The van der Waals surface area contributed by atoms with Crippen molar-refractivity contribution in [1.29, 1.82) is 0 Å². The second kappa shape index (κ2) is 11.6. The zero-order chi connectivity index (χ0) is 25.5. The fraction of sp³-hybridized carbons (Fsp3) is 0.250. The van der Waals surface area contributed by atoms with Gasteiger partial charge in [0.15, 0.2) is 11.5 Å². The van der Waals surface area contributed by atoms with Gasteiger partial charge >= 0.3 is 0 Å². The number of primary amides is 1. The van der Waals surface area contributed by atoms with Gasteiger partial charge in [-0.2, -0.15) is 0 Å². The lowest BCUT2D eigenvalue weighted by molar-refractivity contribution is 0.0965. The first-order chi connectivity index (χ1) is 17.5. The number of aliphatic hydroxyl groups is 1. The molecule has 0 bridgehead atoms.